The smallest absolute Gasteiger partial charge is 0.387 e. The Morgan fingerprint density at radius 1 is 1.32 bits per heavy atom. The van der Waals surface area contributed by atoms with E-state index in [0.717, 1.165) is 7.11 Å². The number of rotatable bonds is 6. The van der Waals surface area contributed by atoms with Crippen molar-refractivity contribution in [3.63, 3.8) is 0 Å². The van der Waals surface area contributed by atoms with Crippen molar-refractivity contribution in [1.82, 2.24) is 0 Å². The Bertz CT molecular complexity index is 424. The molecule has 1 rings (SSSR count). The molecule has 0 aliphatic rings. The number of hydrogen-bond acceptors (Lipinski definition) is 5. The first-order valence-corrected chi connectivity index (χ1v) is 5.42. The summed E-state index contributed by atoms with van der Waals surface area (Å²) >= 11 is 0. The van der Waals surface area contributed by atoms with Gasteiger partial charge in [0.25, 0.3) is 0 Å². The minimum absolute atomic E-state index is 0.0285. The molecule has 2 N–H and O–H groups in total. The number of alkyl halides is 2. The summed E-state index contributed by atoms with van der Waals surface area (Å²) in [5.41, 5.74) is -0.0285. The van der Waals surface area contributed by atoms with Crippen molar-refractivity contribution in [3.05, 3.63) is 29.8 Å². The second kappa shape index (κ2) is 7.01. The van der Waals surface area contributed by atoms with E-state index in [9.17, 15) is 23.8 Å². The Labute approximate surface area is 108 Å². The van der Waals surface area contributed by atoms with Crippen LogP contribution in [-0.4, -0.2) is 36.0 Å². The molecule has 1 aromatic carbocycles. The summed E-state index contributed by atoms with van der Waals surface area (Å²) in [4.78, 5) is 11.0. The van der Waals surface area contributed by atoms with Crippen molar-refractivity contribution in [1.29, 1.82) is 0 Å². The minimum atomic E-state index is -3.05. The van der Waals surface area contributed by atoms with Gasteiger partial charge in [-0.05, 0) is 6.07 Å². The number of halogens is 2. The van der Waals surface area contributed by atoms with E-state index in [1.807, 2.05) is 0 Å². The van der Waals surface area contributed by atoms with Crippen molar-refractivity contribution in [3.8, 4) is 5.75 Å². The monoisotopic (exact) mass is 276 g/mol. The lowest BCUT2D eigenvalue weighted by molar-refractivity contribution is -0.144. The fourth-order valence-corrected chi connectivity index (χ4v) is 1.50. The average molecular weight is 276 g/mol. The summed E-state index contributed by atoms with van der Waals surface area (Å²) in [7, 11) is 1.13. The maximum Gasteiger partial charge on any atom is 0.387 e. The van der Waals surface area contributed by atoms with Gasteiger partial charge in [-0.2, -0.15) is 8.78 Å². The molecule has 0 aliphatic carbocycles. The summed E-state index contributed by atoms with van der Waals surface area (Å²) in [6, 6.07) is 5.49. The van der Waals surface area contributed by atoms with Gasteiger partial charge in [0.1, 0.15) is 11.9 Å². The second-order valence-electron chi connectivity index (χ2n) is 3.71. The highest BCUT2D eigenvalue weighted by molar-refractivity contribution is 5.69. The van der Waals surface area contributed by atoms with E-state index in [1.165, 1.54) is 24.3 Å². The van der Waals surface area contributed by atoms with E-state index in [1.54, 1.807) is 0 Å². The number of benzene rings is 1. The molecule has 0 spiro atoms. The van der Waals surface area contributed by atoms with Crippen LogP contribution in [0.1, 0.15) is 18.1 Å². The number of carbonyl (C=O) groups excluding carboxylic acids is 1. The van der Waals surface area contributed by atoms with Gasteiger partial charge in [-0.1, -0.05) is 18.2 Å². The molecule has 0 heterocycles. The summed E-state index contributed by atoms with van der Waals surface area (Å²) in [6.07, 6.45) is -3.47. The number of esters is 1. The minimum Gasteiger partial charge on any atom is -0.469 e. The Balaban J connectivity index is 2.86. The first-order valence-electron chi connectivity index (χ1n) is 5.42. The fraction of sp³-hybridized carbons (Fsp3) is 0.417. The fourth-order valence-electron chi connectivity index (χ4n) is 1.50. The topological polar surface area (TPSA) is 76.0 Å². The predicted octanol–water partition coefficient (Wildman–Crippen LogP) is 1.25. The number of hydrogen-bond donors (Lipinski definition) is 2. The van der Waals surface area contributed by atoms with Crippen LogP contribution in [0, 0.1) is 0 Å². The van der Waals surface area contributed by atoms with Crippen molar-refractivity contribution in [2.45, 2.75) is 25.2 Å². The zero-order valence-corrected chi connectivity index (χ0v) is 10.1. The van der Waals surface area contributed by atoms with E-state index < -0.39 is 31.2 Å². The third-order valence-corrected chi connectivity index (χ3v) is 2.42. The summed E-state index contributed by atoms with van der Waals surface area (Å²) in [5, 5.41) is 19.5. The standard InChI is InChI=1S/C12H14F2O5/c1-18-10(16)6-8(15)11(17)7-4-2-3-5-9(7)19-12(13)14/h2-5,8,11-12,15,17H,6H2,1H3. The Hall–Kier alpha value is -1.73. The molecule has 0 aromatic heterocycles. The van der Waals surface area contributed by atoms with Crippen LogP contribution in [0.25, 0.3) is 0 Å². The quantitative estimate of drug-likeness (QED) is 0.765. The van der Waals surface area contributed by atoms with Crippen molar-refractivity contribution >= 4 is 5.97 Å². The maximum atomic E-state index is 12.2. The van der Waals surface area contributed by atoms with Crippen LogP contribution in [0.4, 0.5) is 8.78 Å². The van der Waals surface area contributed by atoms with Gasteiger partial charge < -0.3 is 19.7 Å². The molecule has 0 amide bonds. The molecule has 1 aromatic rings. The molecule has 106 valence electrons. The molecule has 0 bridgehead atoms. The number of carbonyl (C=O) groups is 1. The highest BCUT2D eigenvalue weighted by Crippen LogP contribution is 2.29. The van der Waals surface area contributed by atoms with E-state index in [2.05, 4.69) is 9.47 Å². The second-order valence-corrected chi connectivity index (χ2v) is 3.71. The third kappa shape index (κ3) is 4.46. The van der Waals surface area contributed by atoms with Crippen LogP contribution in [0.15, 0.2) is 24.3 Å². The Kier molecular flexibility index (Phi) is 5.65. The predicted molar refractivity (Wildman–Crippen MR) is 60.7 cm³/mol. The average Bonchev–Trinajstić information content (AvgIpc) is 2.37. The number of aliphatic hydroxyl groups is 2. The lowest BCUT2D eigenvalue weighted by Gasteiger charge is -2.19. The molecule has 2 unspecified atom stereocenters. The number of ether oxygens (including phenoxy) is 2. The molecule has 0 saturated carbocycles. The lowest BCUT2D eigenvalue weighted by Crippen LogP contribution is -2.23. The SMILES string of the molecule is COC(=O)CC(O)C(O)c1ccccc1OC(F)F. The zero-order chi connectivity index (χ0) is 14.4. The summed E-state index contributed by atoms with van der Waals surface area (Å²) in [6.45, 7) is -3.05. The van der Waals surface area contributed by atoms with Gasteiger partial charge in [-0.25, -0.2) is 0 Å². The molecule has 2 atom stereocenters. The van der Waals surface area contributed by atoms with Gasteiger partial charge in [0.15, 0.2) is 0 Å². The van der Waals surface area contributed by atoms with Crippen LogP contribution in [0.5, 0.6) is 5.75 Å². The largest absolute Gasteiger partial charge is 0.469 e. The van der Waals surface area contributed by atoms with Crippen molar-refractivity contribution < 1.29 is 33.3 Å². The molecule has 0 saturated heterocycles. The molecule has 0 fully saturated rings. The molecule has 7 heteroatoms. The van der Waals surface area contributed by atoms with E-state index in [4.69, 9.17) is 0 Å². The number of para-hydroxylation sites is 1. The highest BCUT2D eigenvalue weighted by Gasteiger charge is 2.25. The maximum absolute atomic E-state index is 12.2. The summed E-state index contributed by atoms with van der Waals surface area (Å²) < 4.78 is 32.9. The first kappa shape index (κ1) is 15.3. The summed E-state index contributed by atoms with van der Waals surface area (Å²) in [5.74, 6) is -0.979. The normalized spacial score (nSPS) is 14.0. The number of methoxy groups -OCH3 is 1. The van der Waals surface area contributed by atoms with Crippen LogP contribution in [-0.2, 0) is 9.53 Å². The molecular weight excluding hydrogens is 262 g/mol. The molecule has 19 heavy (non-hydrogen) atoms. The zero-order valence-electron chi connectivity index (χ0n) is 10.1. The third-order valence-electron chi connectivity index (χ3n) is 2.42. The Morgan fingerprint density at radius 2 is 1.95 bits per heavy atom. The van der Waals surface area contributed by atoms with Crippen LogP contribution in [0.2, 0.25) is 0 Å². The van der Waals surface area contributed by atoms with Gasteiger partial charge in [0.05, 0.1) is 19.6 Å². The van der Waals surface area contributed by atoms with E-state index in [-0.39, 0.29) is 11.3 Å². The molecule has 5 nitrogen and oxygen atoms in total. The van der Waals surface area contributed by atoms with Crippen LogP contribution in [0.3, 0.4) is 0 Å². The molecule has 0 aliphatic heterocycles. The van der Waals surface area contributed by atoms with Gasteiger partial charge in [0, 0.05) is 5.56 Å². The Morgan fingerprint density at radius 3 is 2.53 bits per heavy atom. The van der Waals surface area contributed by atoms with Crippen molar-refractivity contribution in [2.75, 3.05) is 7.11 Å². The van der Waals surface area contributed by atoms with Gasteiger partial charge >= 0.3 is 12.6 Å². The number of aliphatic hydroxyl groups excluding tert-OH is 2. The van der Waals surface area contributed by atoms with Gasteiger partial charge in [0.2, 0.25) is 0 Å². The van der Waals surface area contributed by atoms with Gasteiger partial charge in [-0.15, -0.1) is 0 Å². The van der Waals surface area contributed by atoms with E-state index in [0.29, 0.717) is 0 Å². The molecule has 0 radical (unpaired) electrons. The lowest BCUT2D eigenvalue weighted by atomic mass is 10.0. The molecular formula is C12H14F2O5. The highest BCUT2D eigenvalue weighted by atomic mass is 19.3. The van der Waals surface area contributed by atoms with Crippen LogP contribution < -0.4 is 4.74 Å². The van der Waals surface area contributed by atoms with Gasteiger partial charge in [-0.3, -0.25) is 4.79 Å². The van der Waals surface area contributed by atoms with Crippen molar-refractivity contribution in [2.24, 2.45) is 0 Å². The first-order chi connectivity index (χ1) is 8.95. The van der Waals surface area contributed by atoms with Crippen LogP contribution >= 0.6 is 0 Å². The van der Waals surface area contributed by atoms with E-state index >= 15 is 0 Å².